The first-order valence-corrected chi connectivity index (χ1v) is 7.20. The van der Waals surface area contributed by atoms with E-state index in [1.807, 2.05) is 30.5 Å². The first kappa shape index (κ1) is 13.6. The second kappa shape index (κ2) is 5.85. The van der Waals surface area contributed by atoms with Crippen molar-refractivity contribution in [2.75, 3.05) is 0 Å². The highest BCUT2D eigenvalue weighted by Gasteiger charge is 2.20. The van der Waals surface area contributed by atoms with Crippen LogP contribution in [0.2, 0.25) is 5.02 Å². The number of pyridine rings is 1. The van der Waals surface area contributed by atoms with Gasteiger partial charge in [0.15, 0.2) is 0 Å². The molecule has 1 aromatic heterocycles. The number of hydrogen-bond donors (Lipinski definition) is 0. The third kappa shape index (κ3) is 2.93. The lowest BCUT2D eigenvalue weighted by atomic mass is 9.94. The van der Waals surface area contributed by atoms with Gasteiger partial charge in [0.2, 0.25) is 0 Å². The Bertz CT molecular complexity index is 527. The molecule has 0 aliphatic rings. The zero-order valence-corrected chi connectivity index (χ0v) is 12.7. The largest absolute Gasteiger partial charge is 0.261 e. The zero-order chi connectivity index (χ0) is 13.1. The van der Waals surface area contributed by atoms with Gasteiger partial charge in [0.05, 0.1) is 0 Å². The lowest BCUT2D eigenvalue weighted by Gasteiger charge is -2.20. The Labute approximate surface area is 121 Å². The van der Waals surface area contributed by atoms with Crippen LogP contribution in [-0.2, 0) is 0 Å². The maximum absolute atomic E-state index is 5.99. The molecule has 2 rings (SSSR count). The van der Waals surface area contributed by atoms with Crippen molar-refractivity contribution >= 4 is 27.5 Å². The van der Waals surface area contributed by atoms with Crippen molar-refractivity contribution in [3.63, 3.8) is 0 Å². The van der Waals surface area contributed by atoms with Gasteiger partial charge in [-0.1, -0.05) is 46.6 Å². The molecule has 94 valence electrons. The molecule has 18 heavy (non-hydrogen) atoms. The number of hydrogen-bond acceptors (Lipinski definition) is 1. The van der Waals surface area contributed by atoms with E-state index in [0.29, 0.717) is 5.92 Å². The van der Waals surface area contributed by atoms with Crippen LogP contribution in [0.4, 0.5) is 0 Å². The van der Waals surface area contributed by atoms with Crippen LogP contribution in [-0.4, -0.2) is 4.98 Å². The molecule has 1 nitrogen and oxygen atoms in total. The van der Waals surface area contributed by atoms with Crippen LogP contribution in [0.3, 0.4) is 0 Å². The van der Waals surface area contributed by atoms with Gasteiger partial charge in [-0.2, -0.15) is 0 Å². The summed E-state index contributed by atoms with van der Waals surface area (Å²) in [6.07, 6.45) is 1.83. The minimum absolute atomic E-state index is 0.240. The minimum Gasteiger partial charge on any atom is -0.261 e. The van der Waals surface area contributed by atoms with Crippen LogP contribution >= 0.6 is 27.5 Å². The number of nitrogens with zero attached hydrogens (tertiary/aromatic N) is 1. The molecule has 0 spiro atoms. The maximum atomic E-state index is 5.99. The van der Waals surface area contributed by atoms with Gasteiger partial charge in [0.25, 0.3) is 0 Å². The van der Waals surface area contributed by atoms with Crippen molar-refractivity contribution in [3.8, 4) is 0 Å². The first-order chi connectivity index (χ1) is 8.59. The van der Waals surface area contributed by atoms with Gasteiger partial charge in [0, 0.05) is 27.7 Å². The summed E-state index contributed by atoms with van der Waals surface area (Å²) in [6.45, 7) is 4.26. The van der Waals surface area contributed by atoms with Crippen LogP contribution in [0.5, 0.6) is 0 Å². The highest BCUT2D eigenvalue weighted by Crippen LogP contribution is 2.38. The van der Waals surface area contributed by atoms with E-state index in [4.69, 9.17) is 11.6 Å². The molecule has 0 saturated heterocycles. The van der Waals surface area contributed by atoms with Crippen LogP contribution < -0.4 is 0 Å². The normalized spacial score (nSPS) is 14.2. The number of rotatable bonds is 3. The van der Waals surface area contributed by atoms with E-state index in [2.05, 4.69) is 46.9 Å². The van der Waals surface area contributed by atoms with Crippen molar-refractivity contribution in [1.29, 1.82) is 0 Å². The summed E-state index contributed by atoms with van der Waals surface area (Å²) < 4.78 is 0. The maximum Gasteiger partial charge on any atom is 0.0478 e. The Kier molecular flexibility index (Phi) is 4.41. The van der Waals surface area contributed by atoms with Crippen LogP contribution in [0.15, 0.2) is 42.6 Å². The van der Waals surface area contributed by atoms with E-state index in [1.54, 1.807) is 0 Å². The number of halogens is 2. The quantitative estimate of drug-likeness (QED) is 0.700. The lowest BCUT2D eigenvalue weighted by Crippen LogP contribution is -2.05. The number of aromatic nitrogens is 1. The van der Waals surface area contributed by atoms with E-state index in [0.717, 1.165) is 10.7 Å². The zero-order valence-electron chi connectivity index (χ0n) is 10.4. The van der Waals surface area contributed by atoms with Crippen molar-refractivity contribution in [3.05, 3.63) is 64.4 Å². The van der Waals surface area contributed by atoms with Crippen molar-refractivity contribution < 1.29 is 0 Å². The molecule has 0 aliphatic heterocycles. The van der Waals surface area contributed by atoms with Gasteiger partial charge in [0.1, 0.15) is 0 Å². The summed E-state index contributed by atoms with van der Waals surface area (Å²) in [5, 5.41) is 0.779. The van der Waals surface area contributed by atoms with Gasteiger partial charge in [-0.25, -0.2) is 0 Å². The van der Waals surface area contributed by atoms with Crippen LogP contribution in [0.25, 0.3) is 0 Å². The summed E-state index contributed by atoms with van der Waals surface area (Å²) in [7, 11) is 0. The third-order valence-electron chi connectivity index (χ3n) is 3.12. The molecule has 0 saturated carbocycles. The van der Waals surface area contributed by atoms with E-state index in [-0.39, 0.29) is 4.83 Å². The molecular weight excluding hydrogens is 310 g/mol. The van der Waals surface area contributed by atoms with E-state index in [1.165, 1.54) is 11.1 Å². The predicted molar refractivity (Wildman–Crippen MR) is 80.5 cm³/mol. The summed E-state index contributed by atoms with van der Waals surface area (Å²) in [5.74, 6) is 0.311. The predicted octanol–water partition coefficient (Wildman–Crippen LogP) is 5.28. The van der Waals surface area contributed by atoms with Gasteiger partial charge in [-0.3, -0.25) is 4.98 Å². The van der Waals surface area contributed by atoms with Gasteiger partial charge in [-0.15, -0.1) is 0 Å². The molecule has 1 heterocycles. The minimum atomic E-state index is 0.240. The smallest absolute Gasteiger partial charge is 0.0478 e. The highest BCUT2D eigenvalue weighted by atomic mass is 79.9. The first-order valence-electron chi connectivity index (χ1n) is 5.90. The molecule has 0 fully saturated rings. The second-order valence-corrected chi connectivity index (χ2v) is 5.87. The van der Waals surface area contributed by atoms with Crippen LogP contribution in [0, 0.1) is 6.92 Å². The Morgan fingerprint density at radius 2 is 2.00 bits per heavy atom. The number of alkyl halides is 1. The topological polar surface area (TPSA) is 12.9 Å². The molecule has 3 heteroatoms. The Morgan fingerprint density at radius 3 is 2.61 bits per heavy atom. The summed E-state index contributed by atoms with van der Waals surface area (Å²) in [4.78, 5) is 4.66. The van der Waals surface area contributed by atoms with Gasteiger partial charge in [-0.05, 0) is 42.3 Å². The monoisotopic (exact) mass is 323 g/mol. The van der Waals surface area contributed by atoms with Crippen molar-refractivity contribution in [2.45, 2.75) is 24.6 Å². The summed E-state index contributed by atoms with van der Waals surface area (Å²) in [5.41, 5.74) is 3.55. The molecular formula is C15H15BrClN. The average Bonchev–Trinajstić information content (AvgIpc) is 2.38. The second-order valence-electron chi connectivity index (χ2n) is 4.45. The van der Waals surface area contributed by atoms with Crippen molar-refractivity contribution in [2.24, 2.45) is 0 Å². The highest BCUT2D eigenvalue weighted by molar-refractivity contribution is 9.09. The molecule has 2 atom stereocenters. The third-order valence-corrected chi connectivity index (χ3v) is 4.64. The lowest BCUT2D eigenvalue weighted by molar-refractivity contribution is 0.721. The fourth-order valence-corrected chi connectivity index (χ4v) is 3.02. The average molecular weight is 325 g/mol. The fraction of sp³-hybridized carbons (Fsp3) is 0.267. The molecule has 0 aliphatic carbocycles. The van der Waals surface area contributed by atoms with Crippen molar-refractivity contribution in [1.82, 2.24) is 4.98 Å². The fourth-order valence-electron chi connectivity index (χ4n) is 2.01. The molecule has 0 N–H and O–H groups in total. The number of benzene rings is 1. The Balaban J connectivity index is 2.28. The molecule has 0 bridgehead atoms. The Morgan fingerprint density at radius 1 is 1.22 bits per heavy atom. The summed E-state index contributed by atoms with van der Waals surface area (Å²) in [6, 6.07) is 12.0. The number of aryl methyl sites for hydroxylation is 1. The summed E-state index contributed by atoms with van der Waals surface area (Å²) >= 11 is 9.77. The van der Waals surface area contributed by atoms with Crippen LogP contribution in [0.1, 0.15) is 34.5 Å². The van der Waals surface area contributed by atoms with E-state index >= 15 is 0 Å². The van der Waals surface area contributed by atoms with E-state index < -0.39 is 0 Å². The van der Waals surface area contributed by atoms with Gasteiger partial charge < -0.3 is 0 Å². The molecule has 2 unspecified atom stereocenters. The van der Waals surface area contributed by atoms with Gasteiger partial charge >= 0.3 is 0 Å². The molecule has 0 amide bonds. The SMILES string of the molecule is Cc1cc(Cl)ccc1C(Br)C(C)c1ccccn1. The standard InChI is InChI=1S/C15H15BrClN/c1-10-9-12(17)6-7-13(10)15(16)11(2)14-5-3-4-8-18-14/h3-9,11,15H,1-2H3. The molecule has 2 aromatic rings. The van der Waals surface area contributed by atoms with E-state index in [9.17, 15) is 0 Å². The molecule has 1 aromatic carbocycles. The molecule has 0 radical (unpaired) electrons. The Hall–Kier alpha value is -0.860.